The van der Waals surface area contributed by atoms with Crippen LogP contribution in [0.25, 0.3) is 0 Å². The molecule has 5 N–H and O–H groups in total. The zero-order valence-corrected chi connectivity index (χ0v) is 28.1. The van der Waals surface area contributed by atoms with Gasteiger partial charge in [-0.1, -0.05) is 43.8 Å². The Bertz CT molecular complexity index is 1620. The molecule has 9 nitrogen and oxygen atoms in total. The van der Waals surface area contributed by atoms with Gasteiger partial charge in [0.05, 0.1) is 20.9 Å². The van der Waals surface area contributed by atoms with E-state index < -0.39 is 6.04 Å². The van der Waals surface area contributed by atoms with Gasteiger partial charge in [0.1, 0.15) is 23.4 Å². The van der Waals surface area contributed by atoms with Gasteiger partial charge in [0.2, 0.25) is 11.8 Å². The van der Waals surface area contributed by atoms with E-state index in [1.807, 2.05) is 42.5 Å². The van der Waals surface area contributed by atoms with Crippen LogP contribution in [0.5, 0.6) is 11.5 Å². The number of benzene rings is 2. The predicted molar refractivity (Wildman–Crippen MR) is 189 cm³/mol. The highest BCUT2D eigenvalue weighted by atomic mass is 32.1. The molecule has 250 valence electrons. The van der Waals surface area contributed by atoms with Crippen LogP contribution < -0.4 is 21.1 Å². The van der Waals surface area contributed by atoms with Crippen molar-refractivity contribution in [3.05, 3.63) is 81.5 Å². The monoisotopic (exact) mass is 665 g/mol. The molecule has 48 heavy (non-hydrogen) atoms. The van der Waals surface area contributed by atoms with E-state index in [4.69, 9.17) is 23.7 Å². The van der Waals surface area contributed by atoms with E-state index in [0.717, 1.165) is 47.0 Å². The molecule has 0 spiro atoms. The summed E-state index contributed by atoms with van der Waals surface area (Å²) < 4.78 is 6.30. The average Bonchev–Trinajstić information content (AvgIpc) is 3.74. The number of nitrogens with one attached hydrogen (secondary N) is 3. The van der Waals surface area contributed by atoms with Gasteiger partial charge in [-0.25, -0.2) is 0 Å². The molecule has 2 aliphatic carbocycles. The topological polar surface area (TPSA) is 138 Å². The number of amides is 3. The first-order chi connectivity index (χ1) is 23.3. The third kappa shape index (κ3) is 7.94. The molecule has 1 aliphatic heterocycles. The van der Waals surface area contributed by atoms with Crippen molar-refractivity contribution in [2.24, 2.45) is 23.5 Å². The molecule has 0 bridgehead atoms. The van der Waals surface area contributed by atoms with E-state index in [1.54, 1.807) is 22.4 Å². The lowest BCUT2D eigenvalue weighted by molar-refractivity contribution is -0.137. The van der Waals surface area contributed by atoms with Crippen LogP contribution in [0.15, 0.2) is 60.0 Å². The van der Waals surface area contributed by atoms with E-state index >= 15 is 0 Å². The fraction of sp³-hybridized carbons (Fsp3) is 0.459. The van der Waals surface area contributed by atoms with Crippen molar-refractivity contribution in [3.63, 3.8) is 0 Å². The Morgan fingerprint density at radius 1 is 1.02 bits per heavy atom. The molecule has 1 aromatic heterocycles. The molecule has 2 radical (unpaired) electrons. The second-order valence-electron chi connectivity index (χ2n) is 13.5. The number of carbonyl (C=O) groups excluding carboxylic acids is 3. The molecule has 11 heteroatoms. The zero-order chi connectivity index (χ0) is 33.6. The maximum atomic E-state index is 13.4. The summed E-state index contributed by atoms with van der Waals surface area (Å²) in [6, 6.07) is 16.4. The smallest absolute Gasteiger partial charge is 0.251 e. The number of nitrogens with two attached hydrogens (primary N) is 1. The summed E-state index contributed by atoms with van der Waals surface area (Å²) in [6.45, 7) is 0.568. The normalized spacial score (nSPS) is 21.1. The molecular weight excluding hydrogens is 621 g/mol. The highest BCUT2D eigenvalue weighted by Gasteiger charge is 2.37. The van der Waals surface area contributed by atoms with Gasteiger partial charge in [0.25, 0.3) is 5.91 Å². The minimum Gasteiger partial charge on any atom is -0.457 e. The predicted octanol–water partition coefficient (Wildman–Crippen LogP) is 5.75. The molecule has 6 rings (SSSR count). The second kappa shape index (κ2) is 15.4. The maximum Gasteiger partial charge on any atom is 0.251 e. The first kappa shape index (κ1) is 33.8. The first-order valence-corrected chi connectivity index (χ1v) is 18.0. The number of likely N-dealkylation sites (tertiary alicyclic amines) is 1. The summed E-state index contributed by atoms with van der Waals surface area (Å²) in [6.07, 6.45) is 9.21. The fourth-order valence-corrected chi connectivity index (χ4v) is 8.15. The number of carbonyl (C=O) groups is 3. The van der Waals surface area contributed by atoms with Crippen molar-refractivity contribution in [2.45, 2.75) is 76.2 Å². The lowest BCUT2D eigenvalue weighted by atomic mass is 9.62. The number of hydrogen-bond donors (Lipinski definition) is 4. The van der Waals surface area contributed by atoms with E-state index in [9.17, 15) is 14.4 Å². The van der Waals surface area contributed by atoms with Crippen molar-refractivity contribution in [3.8, 4) is 11.5 Å². The van der Waals surface area contributed by atoms with Gasteiger partial charge in [-0.15, -0.1) is 11.3 Å². The standard InChI is InChI=1S/C37H44BN5O4S/c38-19-27(24-6-4-7-24)16-23-14-26(15-23)31-18-25(11-12-33(31)47-29-8-2-1-3-9-29)36(45)42-21-34(44)43-13-5-10-32(43)37(46)41-20-30-17-28(22-48-30)35(39)40/h1-3,8-9,11-12,17-18,22-24,26-27,32H,4-7,10,13-16,19-21H2,(H3,39,40)(H,41,46)(H,42,45)/t23?,26?,27?,32-/m0/s1. The van der Waals surface area contributed by atoms with E-state index in [2.05, 4.69) is 10.6 Å². The SMILES string of the molecule is [B]CC(CC1CC(c2cc(C(=O)NCC(=O)N3CCC[C@H]3C(=O)NCc3cc(C(=N)N)cs3)ccc2Oc2ccccc2)C1)C1CCC1. The number of thiophene rings is 1. The third-order valence-electron chi connectivity index (χ3n) is 10.4. The summed E-state index contributed by atoms with van der Waals surface area (Å²) in [5.74, 6) is 2.91. The van der Waals surface area contributed by atoms with Crippen molar-refractivity contribution in [1.82, 2.24) is 15.5 Å². The molecule has 1 saturated heterocycles. The summed E-state index contributed by atoms with van der Waals surface area (Å²) in [5, 5.41) is 15.0. The Labute approximate surface area is 287 Å². The summed E-state index contributed by atoms with van der Waals surface area (Å²) in [5.41, 5.74) is 7.66. The van der Waals surface area contributed by atoms with Crippen LogP contribution in [0.1, 0.15) is 83.6 Å². The highest BCUT2D eigenvalue weighted by molar-refractivity contribution is 7.10. The largest absolute Gasteiger partial charge is 0.457 e. The van der Waals surface area contributed by atoms with Crippen molar-refractivity contribution < 1.29 is 19.1 Å². The number of rotatable bonds is 14. The van der Waals surface area contributed by atoms with Crippen LogP contribution in [0, 0.1) is 23.2 Å². The molecule has 3 amide bonds. The van der Waals surface area contributed by atoms with Gasteiger partial charge in [-0.3, -0.25) is 19.8 Å². The van der Waals surface area contributed by atoms with Gasteiger partial charge < -0.3 is 26.0 Å². The lowest BCUT2D eigenvalue weighted by Crippen LogP contribution is -2.48. The van der Waals surface area contributed by atoms with Crippen LogP contribution in [0.2, 0.25) is 6.32 Å². The van der Waals surface area contributed by atoms with Gasteiger partial charge >= 0.3 is 0 Å². The Balaban J connectivity index is 1.06. The van der Waals surface area contributed by atoms with Crippen LogP contribution in [0.4, 0.5) is 0 Å². The molecule has 1 unspecified atom stereocenters. The molecule has 2 saturated carbocycles. The Morgan fingerprint density at radius 3 is 2.50 bits per heavy atom. The minimum absolute atomic E-state index is 0.0155. The summed E-state index contributed by atoms with van der Waals surface area (Å²) >= 11 is 1.42. The Hall–Kier alpha value is -4.12. The quantitative estimate of drug-likeness (QED) is 0.0988. The van der Waals surface area contributed by atoms with Crippen LogP contribution >= 0.6 is 11.3 Å². The Kier molecular flexibility index (Phi) is 10.8. The van der Waals surface area contributed by atoms with Gasteiger partial charge in [-0.05, 0) is 97.7 Å². The first-order valence-electron chi connectivity index (χ1n) is 17.1. The zero-order valence-electron chi connectivity index (χ0n) is 27.3. The van der Waals surface area contributed by atoms with Gasteiger partial charge in [-0.2, -0.15) is 0 Å². The highest BCUT2D eigenvalue weighted by Crippen LogP contribution is 2.50. The van der Waals surface area contributed by atoms with Gasteiger partial charge in [0.15, 0.2) is 0 Å². The van der Waals surface area contributed by atoms with Crippen molar-refractivity contribution in [1.29, 1.82) is 5.41 Å². The van der Waals surface area contributed by atoms with E-state index in [1.165, 1.54) is 37.0 Å². The molecule has 3 aliphatic rings. The van der Waals surface area contributed by atoms with Gasteiger partial charge in [0, 0.05) is 27.9 Å². The average molecular weight is 666 g/mol. The molecule has 2 aromatic carbocycles. The van der Waals surface area contributed by atoms with E-state index in [-0.39, 0.29) is 36.0 Å². The molecule has 2 atom stereocenters. The summed E-state index contributed by atoms with van der Waals surface area (Å²) in [7, 11) is 6.16. The fourth-order valence-electron chi connectivity index (χ4n) is 7.32. The number of nitrogens with zero attached hydrogens (tertiary/aromatic N) is 1. The molecule has 2 heterocycles. The van der Waals surface area contributed by atoms with E-state index in [0.29, 0.717) is 48.9 Å². The number of amidine groups is 1. The number of ether oxygens (including phenoxy) is 1. The molecular formula is C37H44BN5O4S. The number of hydrogen-bond acceptors (Lipinski definition) is 6. The molecule has 3 fully saturated rings. The maximum absolute atomic E-state index is 13.4. The number of para-hydroxylation sites is 1. The summed E-state index contributed by atoms with van der Waals surface area (Å²) in [4.78, 5) is 42.0. The minimum atomic E-state index is -0.586. The second-order valence-corrected chi connectivity index (χ2v) is 14.5. The Morgan fingerprint density at radius 2 is 1.81 bits per heavy atom. The van der Waals surface area contributed by atoms with Crippen LogP contribution in [0.3, 0.4) is 0 Å². The van der Waals surface area contributed by atoms with Crippen LogP contribution in [-0.2, 0) is 16.1 Å². The lowest BCUT2D eigenvalue weighted by Gasteiger charge is -2.42. The third-order valence-corrected chi connectivity index (χ3v) is 11.3. The van der Waals surface area contributed by atoms with Crippen molar-refractivity contribution >= 4 is 42.7 Å². The molecule has 3 aromatic rings. The number of nitrogen functional groups attached to an aromatic ring is 1. The van der Waals surface area contributed by atoms with Crippen molar-refractivity contribution in [2.75, 3.05) is 13.1 Å². The van der Waals surface area contributed by atoms with Crippen LogP contribution in [-0.4, -0.2) is 55.4 Å².